The van der Waals surface area contributed by atoms with Gasteiger partial charge >= 0.3 is 0 Å². The van der Waals surface area contributed by atoms with Gasteiger partial charge in [0, 0.05) is 12.1 Å². The van der Waals surface area contributed by atoms with Gasteiger partial charge in [-0.15, -0.1) is 0 Å². The van der Waals surface area contributed by atoms with Crippen LogP contribution >= 0.6 is 11.6 Å². The number of ether oxygens (including phenoxy) is 1. The molecule has 1 aromatic heterocycles. The largest absolute Gasteiger partial charge is 0.492 e. The molecule has 0 saturated carbocycles. The number of carbonyl (C=O) groups excluding carboxylic acids is 1. The molecule has 1 amide bonds. The highest BCUT2D eigenvalue weighted by Gasteiger charge is 2.28. The molecule has 1 aromatic carbocycles. The molecule has 0 fully saturated rings. The van der Waals surface area contributed by atoms with Gasteiger partial charge in [0.25, 0.3) is 0 Å². The maximum atomic E-state index is 12.5. The van der Waals surface area contributed by atoms with Crippen molar-refractivity contribution in [3.63, 3.8) is 0 Å². The van der Waals surface area contributed by atoms with E-state index in [2.05, 4.69) is 0 Å². The SMILES string of the molecule is CN(Cc1ccco1)C(=O)C1COc2ccc(Cl)cc2C1. The van der Waals surface area contributed by atoms with Gasteiger partial charge in [-0.2, -0.15) is 0 Å². The molecule has 1 unspecified atom stereocenters. The zero-order chi connectivity index (χ0) is 14.8. The minimum absolute atomic E-state index is 0.0528. The predicted octanol–water partition coefficient (Wildman–Crippen LogP) is 3.14. The Hall–Kier alpha value is -1.94. The average molecular weight is 306 g/mol. The van der Waals surface area contributed by atoms with Crippen molar-refractivity contribution in [3.8, 4) is 5.75 Å². The molecule has 2 aromatic rings. The van der Waals surface area contributed by atoms with Crippen molar-refractivity contribution < 1.29 is 13.9 Å². The van der Waals surface area contributed by atoms with Crippen molar-refractivity contribution in [2.24, 2.45) is 5.92 Å². The Kier molecular flexibility index (Phi) is 3.88. The predicted molar refractivity (Wildman–Crippen MR) is 79.3 cm³/mol. The van der Waals surface area contributed by atoms with Crippen LogP contribution in [0.4, 0.5) is 0 Å². The third-order valence-electron chi connectivity index (χ3n) is 3.63. The number of fused-ring (bicyclic) bond motifs is 1. The van der Waals surface area contributed by atoms with Crippen LogP contribution in [0.1, 0.15) is 11.3 Å². The first kappa shape index (κ1) is 14.0. The molecule has 0 spiro atoms. The van der Waals surface area contributed by atoms with E-state index in [4.69, 9.17) is 20.8 Å². The maximum absolute atomic E-state index is 12.5. The molecule has 3 rings (SSSR count). The minimum Gasteiger partial charge on any atom is -0.492 e. The van der Waals surface area contributed by atoms with Gasteiger partial charge in [-0.05, 0) is 42.3 Å². The fraction of sp³-hybridized carbons (Fsp3) is 0.312. The third-order valence-corrected chi connectivity index (χ3v) is 3.86. The summed E-state index contributed by atoms with van der Waals surface area (Å²) in [6.45, 7) is 0.862. The van der Waals surface area contributed by atoms with Crippen LogP contribution in [0.5, 0.6) is 5.75 Å². The standard InChI is InChI=1S/C16H16ClNO3/c1-18(9-14-3-2-6-20-14)16(19)12-7-11-8-13(17)4-5-15(11)21-10-12/h2-6,8,12H,7,9-10H2,1H3. The highest BCUT2D eigenvalue weighted by molar-refractivity contribution is 6.30. The fourth-order valence-electron chi connectivity index (χ4n) is 2.55. The van der Waals surface area contributed by atoms with Crippen molar-refractivity contribution in [1.82, 2.24) is 4.90 Å². The smallest absolute Gasteiger partial charge is 0.229 e. The van der Waals surface area contributed by atoms with Gasteiger partial charge < -0.3 is 14.1 Å². The summed E-state index contributed by atoms with van der Waals surface area (Å²) in [7, 11) is 1.78. The fourth-order valence-corrected chi connectivity index (χ4v) is 2.74. The monoisotopic (exact) mass is 305 g/mol. The van der Waals surface area contributed by atoms with Crippen LogP contribution < -0.4 is 4.74 Å². The van der Waals surface area contributed by atoms with Crippen LogP contribution in [0, 0.1) is 5.92 Å². The number of furan rings is 1. The summed E-state index contributed by atoms with van der Waals surface area (Å²) in [4.78, 5) is 14.2. The summed E-state index contributed by atoms with van der Waals surface area (Å²) in [6.07, 6.45) is 2.26. The quantitative estimate of drug-likeness (QED) is 0.875. The topological polar surface area (TPSA) is 42.7 Å². The number of halogens is 1. The van der Waals surface area contributed by atoms with Crippen LogP contribution in [-0.4, -0.2) is 24.5 Å². The van der Waals surface area contributed by atoms with E-state index >= 15 is 0 Å². The number of carbonyl (C=O) groups is 1. The summed E-state index contributed by atoms with van der Waals surface area (Å²) >= 11 is 6.00. The molecule has 1 atom stereocenters. The van der Waals surface area contributed by atoms with Crippen LogP contribution in [0.2, 0.25) is 5.02 Å². The number of amides is 1. The Morgan fingerprint density at radius 1 is 1.43 bits per heavy atom. The summed E-state index contributed by atoms with van der Waals surface area (Å²) in [5.41, 5.74) is 0.985. The van der Waals surface area contributed by atoms with Gasteiger partial charge in [0.2, 0.25) is 5.91 Å². The molecule has 1 aliphatic heterocycles. The number of nitrogens with zero attached hydrogens (tertiary/aromatic N) is 1. The molecule has 0 saturated heterocycles. The number of benzene rings is 1. The molecular formula is C16H16ClNO3. The van der Waals surface area contributed by atoms with Crippen LogP contribution in [0.25, 0.3) is 0 Å². The Balaban J connectivity index is 1.68. The highest BCUT2D eigenvalue weighted by atomic mass is 35.5. The summed E-state index contributed by atoms with van der Waals surface area (Å²) in [6, 6.07) is 9.19. The Labute approximate surface area is 128 Å². The van der Waals surface area contributed by atoms with E-state index in [1.165, 1.54) is 0 Å². The van der Waals surface area contributed by atoms with Crippen molar-refractivity contribution in [1.29, 1.82) is 0 Å². The van der Waals surface area contributed by atoms with Gasteiger partial charge in [-0.25, -0.2) is 0 Å². The molecule has 21 heavy (non-hydrogen) atoms. The molecule has 4 nitrogen and oxygen atoms in total. The van der Waals surface area contributed by atoms with Crippen LogP contribution in [0.15, 0.2) is 41.0 Å². The van der Waals surface area contributed by atoms with Gasteiger partial charge in [-0.1, -0.05) is 11.6 Å². The first-order valence-electron chi connectivity index (χ1n) is 6.82. The zero-order valence-corrected chi connectivity index (χ0v) is 12.5. The second-order valence-corrected chi connectivity index (χ2v) is 5.67. The second-order valence-electron chi connectivity index (χ2n) is 5.24. The van der Waals surface area contributed by atoms with Crippen LogP contribution in [-0.2, 0) is 17.8 Å². The number of hydrogen-bond donors (Lipinski definition) is 0. The normalized spacial score (nSPS) is 17.0. The van der Waals surface area contributed by atoms with Crippen molar-refractivity contribution in [2.75, 3.05) is 13.7 Å². The minimum atomic E-state index is -0.184. The molecule has 0 aliphatic carbocycles. The van der Waals surface area contributed by atoms with E-state index in [1.807, 2.05) is 24.3 Å². The van der Waals surface area contributed by atoms with Crippen molar-refractivity contribution >= 4 is 17.5 Å². The lowest BCUT2D eigenvalue weighted by Gasteiger charge is -2.28. The van der Waals surface area contributed by atoms with Gasteiger partial charge in [0.05, 0.1) is 18.7 Å². The molecule has 0 radical (unpaired) electrons. The van der Waals surface area contributed by atoms with Crippen molar-refractivity contribution in [3.05, 3.63) is 52.9 Å². The zero-order valence-electron chi connectivity index (χ0n) is 11.7. The molecule has 110 valence electrons. The van der Waals surface area contributed by atoms with Gasteiger partial charge in [-0.3, -0.25) is 4.79 Å². The van der Waals surface area contributed by atoms with E-state index in [0.29, 0.717) is 24.6 Å². The Morgan fingerprint density at radius 2 is 2.29 bits per heavy atom. The Bertz CT molecular complexity index is 639. The lowest BCUT2D eigenvalue weighted by molar-refractivity contribution is -0.136. The van der Waals surface area contributed by atoms with Crippen molar-refractivity contribution in [2.45, 2.75) is 13.0 Å². The number of hydrogen-bond acceptors (Lipinski definition) is 3. The molecule has 1 aliphatic rings. The number of rotatable bonds is 3. The maximum Gasteiger partial charge on any atom is 0.229 e. The first-order valence-corrected chi connectivity index (χ1v) is 7.20. The highest BCUT2D eigenvalue weighted by Crippen LogP contribution is 2.30. The second kappa shape index (κ2) is 5.82. The Morgan fingerprint density at radius 3 is 3.05 bits per heavy atom. The average Bonchev–Trinajstić information content (AvgIpc) is 2.98. The molecular weight excluding hydrogens is 290 g/mol. The molecule has 0 bridgehead atoms. The molecule has 5 heteroatoms. The lowest BCUT2D eigenvalue weighted by atomic mass is 9.95. The summed E-state index contributed by atoms with van der Waals surface area (Å²) in [5, 5.41) is 0.661. The van der Waals surface area contributed by atoms with Gasteiger partial charge in [0.15, 0.2) is 0 Å². The third kappa shape index (κ3) is 3.05. The van der Waals surface area contributed by atoms with E-state index in [9.17, 15) is 4.79 Å². The first-order chi connectivity index (χ1) is 10.1. The summed E-state index contributed by atoms with van der Waals surface area (Å²) < 4.78 is 10.9. The van der Waals surface area contributed by atoms with E-state index < -0.39 is 0 Å². The summed E-state index contributed by atoms with van der Waals surface area (Å²) in [5.74, 6) is 1.45. The van der Waals surface area contributed by atoms with Crippen LogP contribution in [0.3, 0.4) is 0 Å². The van der Waals surface area contributed by atoms with E-state index in [0.717, 1.165) is 17.1 Å². The van der Waals surface area contributed by atoms with Gasteiger partial charge in [0.1, 0.15) is 18.1 Å². The molecule has 2 heterocycles. The lowest BCUT2D eigenvalue weighted by Crippen LogP contribution is -2.38. The molecule has 0 N–H and O–H groups in total. The van der Waals surface area contributed by atoms with E-state index in [-0.39, 0.29) is 11.8 Å². The van der Waals surface area contributed by atoms with E-state index in [1.54, 1.807) is 24.3 Å².